The first-order chi connectivity index (χ1) is 14.4. The van der Waals surface area contributed by atoms with Gasteiger partial charge in [-0.1, -0.05) is 50.2 Å². The molecule has 0 fully saturated rings. The number of benzene rings is 2. The van der Waals surface area contributed by atoms with E-state index in [4.69, 9.17) is 0 Å². The quantitative estimate of drug-likeness (QED) is 0.348. The fourth-order valence-corrected chi connectivity index (χ4v) is 3.38. The number of rotatable bonds is 8. The summed E-state index contributed by atoms with van der Waals surface area (Å²) in [6, 6.07) is 13.3. The molecule has 0 radical (unpaired) electrons. The van der Waals surface area contributed by atoms with Gasteiger partial charge < -0.3 is 9.88 Å². The minimum atomic E-state index is -0.885. The zero-order valence-corrected chi connectivity index (χ0v) is 16.7. The molecule has 1 amide bonds. The fourth-order valence-electron chi connectivity index (χ4n) is 3.38. The van der Waals surface area contributed by atoms with Gasteiger partial charge in [-0.15, -0.1) is 0 Å². The van der Waals surface area contributed by atoms with Crippen LogP contribution in [0.3, 0.4) is 0 Å². The lowest BCUT2D eigenvalue weighted by Gasteiger charge is -2.23. The lowest BCUT2D eigenvalue weighted by atomic mass is 9.95. The van der Waals surface area contributed by atoms with Gasteiger partial charge in [0.15, 0.2) is 0 Å². The molecule has 3 aromatic rings. The summed E-state index contributed by atoms with van der Waals surface area (Å²) in [7, 11) is 0. The molecule has 0 aliphatic carbocycles. The summed E-state index contributed by atoms with van der Waals surface area (Å²) in [5.41, 5.74) is 1.13. The largest absolute Gasteiger partial charge is 0.330 e. The number of hydrogen-bond donors (Lipinski definition) is 1. The Labute approximate surface area is 173 Å². The van der Waals surface area contributed by atoms with Crippen molar-refractivity contribution in [2.75, 3.05) is 5.32 Å². The molecule has 3 rings (SSSR count). The molecule has 1 atom stereocenters. The average Bonchev–Trinajstić information content (AvgIpc) is 3.23. The van der Waals surface area contributed by atoms with E-state index < -0.39 is 16.6 Å². The van der Waals surface area contributed by atoms with Crippen molar-refractivity contribution in [3.8, 4) is 0 Å². The first-order valence-electron chi connectivity index (χ1n) is 9.50. The number of aromatic nitrogens is 2. The standard InChI is InChI=1S/C22H22N4O4/c1-15(2)21(25-11-10-23-14-25)17-8-9-18(19(13-17)26(29)30)24-22(28)20(27)12-16-6-4-3-5-7-16/h3-11,13-15,21H,12H2,1-2H3,(H,24,28). The summed E-state index contributed by atoms with van der Waals surface area (Å²) < 4.78 is 1.88. The van der Waals surface area contributed by atoms with Gasteiger partial charge in [-0.2, -0.15) is 0 Å². The molecule has 1 heterocycles. The van der Waals surface area contributed by atoms with Gasteiger partial charge in [-0.05, 0) is 23.1 Å². The third-order valence-electron chi connectivity index (χ3n) is 4.75. The monoisotopic (exact) mass is 406 g/mol. The second-order valence-electron chi connectivity index (χ2n) is 7.27. The number of ketones is 1. The Morgan fingerprint density at radius 2 is 1.90 bits per heavy atom. The van der Waals surface area contributed by atoms with E-state index in [1.807, 2.05) is 24.5 Å². The zero-order chi connectivity index (χ0) is 21.7. The van der Waals surface area contributed by atoms with Gasteiger partial charge in [0.2, 0.25) is 5.78 Å². The van der Waals surface area contributed by atoms with E-state index in [9.17, 15) is 19.7 Å². The van der Waals surface area contributed by atoms with Crippen LogP contribution in [0.5, 0.6) is 0 Å². The van der Waals surface area contributed by atoms with E-state index in [0.717, 1.165) is 0 Å². The Kier molecular flexibility index (Phi) is 6.36. The van der Waals surface area contributed by atoms with Crippen LogP contribution in [0.4, 0.5) is 11.4 Å². The first-order valence-corrected chi connectivity index (χ1v) is 9.50. The molecular formula is C22H22N4O4. The van der Waals surface area contributed by atoms with Crippen LogP contribution in [-0.4, -0.2) is 26.2 Å². The van der Waals surface area contributed by atoms with Crippen LogP contribution >= 0.6 is 0 Å². The Hall–Kier alpha value is -3.81. The van der Waals surface area contributed by atoms with E-state index >= 15 is 0 Å². The third kappa shape index (κ3) is 4.78. The summed E-state index contributed by atoms with van der Waals surface area (Å²) in [5, 5.41) is 14.0. The van der Waals surface area contributed by atoms with Crippen molar-refractivity contribution in [1.82, 2.24) is 9.55 Å². The smallest absolute Gasteiger partial charge is 0.293 e. The number of nitro benzene ring substituents is 1. The maximum atomic E-state index is 12.3. The van der Waals surface area contributed by atoms with E-state index in [2.05, 4.69) is 10.3 Å². The highest BCUT2D eigenvalue weighted by Gasteiger charge is 2.24. The van der Waals surface area contributed by atoms with Crippen LogP contribution in [0.2, 0.25) is 0 Å². The summed E-state index contributed by atoms with van der Waals surface area (Å²) in [6.45, 7) is 4.02. The molecule has 8 nitrogen and oxygen atoms in total. The SMILES string of the molecule is CC(C)C(c1ccc(NC(=O)C(=O)Cc2ccccc2)c([N+](=O)[O-])c1)n1ccnc1. The van der Waals surface area contributed by atoms with E-state index in [0.29, 0.717) is 11.1 Å². The number of Topliss-reactive ketones (excluding diaryl/α,β-unsaturated/α-hetero) is 1. The summed E-state index contributed by atoms with van der Waals surface area (Å²) in [6.07, 6.45) is 5.04. The Bertz CT molecular complexity index is 1050. The molecule has 0 saturated carbocycles. The Morgan fingerprint density at radius 3 is 2.50 bits per heavy atom. The second kappa shape index (κ2) is 9.13. The molecule has 0 saturated heterocycles. The number of nitro groups is 1. The van der Waals surface area contributed by atoms with Crippen LogP contribution in [0, 0.1) is 16.0 Å². The van der Waals surface area contributed by atoms with Crippen molar-refractivity contribution in [1.29, 1.82) is 0 Å². The molecule has 1 aromatic heterocycles. The number of nitrogens with one attached hydrogen (secondary N) is 1. The van der Waals surface area contributed by atoms with Gasteiger partial charge in [0.25, 0.3) is 11.6 Å². The summed E-state index contributed by atoms with van der Waals surface area (Å²) in [4.78, 5) is 39.7. The van der Waals surface area contributed by atoms with Crippen molar-refractivity contribution < 1.29 is 14.5 Å². The van der Waals surface area contributed by atoms with Crippen LogP contribution in [0.25, 0.3) is 0 Å². The molecule has 0 aliphatic rings. The van der Waals surface area contributed by atoms with Gasteiger partial charge in [0, 0.05) is 24.9 Å². The molecule has 154 valence electrons. The van der Waals surface area contributed by atoms with Crippen molar-refractivity contribution in [3.63, 3.8) is 0 Å². The van der Waals surface area contributed by atoms with E-state index in [1.165, 1.54) is 12.1 Å². The number of anilines is 1. The number of imidazole rings is 1. The Morgan fingerprint density at radius 1 is 1.17 bits per heavy atom. The maximum absolute atomic E-state index is 12.3. The molecule has 30 heavy (non-hydrogen) atoms. The molecule has 1 N–H and O–H groups in total. The summed E-state index contributed by atoms with van der Waals surface area (Å²) >= 11 is 0. The number of carbonyl (C=O) groups excluding carboxylic acids is 2. The van der Waals surface area contributed by atoms with Gasteiger partial charge in [-0.3, -0.25) is 19.7 Å². The van der Waals surface area contributed by atoms with Crippen LogP contribution in [0.15, 0.2) is 67.3 Å². The van der Waals surface area contributed by atoms with Crippen molar-refractivity contribution in [2.24, 2.45) is 5.92 Å². The predicted octanol–water partition coefficient (Wildman–Crippen LogP) is 3.79. The first kappa shape index (κ1) is 20.9. The highest BCUT2D eigenvalue weighted by atomic mass is 16.6. The number of hydrogen-bond acceptors (Lipinski definition) is 5. The van der Waals surface area contributed by atoms with Crippen molar-refractivity contribution >= 4 is 23.1 Å². The van der Waals surface area contributed by atoms with Gasteiger partial charge >= 0.3 is 0 Å². The lowest BCUT2D eigenvalue weighted by molar-refractivity contribution is -0.384. The summed E-state index contributed by atoms with van der Waals surface area (Å²) in [5.74, 6) is -1.41. The zero-order valence-electron chi connectivity index (χ0n) is 16.7. The van der Waals surface area contributed by atoms with Crippen molar-refractivity contribution in [2.45, 2.75) is 26.3 Å². The number of carbonyl (C=O) groups is 2. The minimum Gasteiger partial charge on any atom is -0.330 e. The van der Waals surface area contributed by atoms with E-state index in [1.54, 1.807) is 49.1 Å². The number of amides is 1. The third-order valence-corrected chi connectivity index (χ3v) is 4.75. The predicted molar refractivity (Wildman–Crippen MR) is 112 cm³/mol. The van der Waals surface area contributed by atoms with Gasteiger partial charge in [-0.25, -0.2) is 4.98 Å². The highest BCUT2D eigenvalue weighted by Crippen LogP contribution is 2.33. The molecular weight excluding hydrogens is 384 g/mol. The van der Waals surface area contributed by atoms with Gasteiger partial charge in [0.05, 0.1) is 17.3 Å². The Balaban J connectivity index is 1.84. The number of nitrogens with zero attached hydrogens (tertiary/aromatic N) is 3. The fraction of sp³-hybridized carbons (Fsp3) is 0.227. The van der Waals surface area contributed by atoms with Crippen molar-refractivity contribution in [3.05, 3.63) is 88.5 Å². The van der Waals surface area contributed by atoms with Crippen LogP contribution in [-0.2, 0) is 16.0 Å². The molecule has 2 aromatic carbocycles. The van der Waals surface area contributed by atoms with E-state index in [-0.39, 0.29) is 29.8 Å². The normalized spacial score (nSPS) is 11.8. The average molecular weight is 406 g/mol. The second-order valence-corrected chi connectivity index (χ2v) is 7.27. The molecule has 0 bridgehead atoms. The highest BCUT2D eigenvalue weighted by molar-refractivity contribution is 6.41. The minimum absolute atomic E-state index is 0.0108. The van der Waals surface area contributed by atoms with Gasteiger partial charge in [0.1, 0.15) is 5.69 Å². The van der Waals surface area contributed by atoms with Crippen LogP contribution < -0.4 is 5.32 Å². The lowest BCUT2D eigenvalue weighted by Crippen LogP contribution is -2.25. The topological polar surface area (TPSA) is 107 Å². The molecule has 1 unspecified atom stereocenters. The molecule has 0 aliphatic heterocycles. The van der Waals surface area contributed by atoms with Crippen LogP contribution in [0.1, 0.15) is 31.0 Å². The maximum Gasteiger partial charge on any atom is 0.293 e. The molecule has 0 spiro atoms. The molecule has 8 heteroatoms.